The summed E-state index contributed by atoms with van der Waals surface area (Å²) >= 11 is 0. The summed E-state index contributed by atoms with van der Waals surface area (Å²) in [5.74, 6) is 2.07. The third kappa shape index (κ3) is 10.5. The van der Waals surface area contributed by atoms with Gasteiger partial charge >= 0.3 is 5.97 Å². The molecule has 1 unspecified atom stereocenters. The summed E-state index contributed by atoms with van der Waals surface area (Å²) in [7, 11) is 1.65. The van der Waals surface area contributed by atoms with Crippen molar-refractivity contribution in [1.82, 2.24) is 4.98 Å². The topological polar surface area (TPSA) is 60.9 Å². The van der Waals surface area contributed by atoms with Crippen LogP contribution in [0.15, 0.2) is 42.6 Å². The second-order valence-electron chi connectivity index (χ2n) is 9.19. The first-order chi connectivity index (χ1) is 17.6. The van der Waals surface area contributed by atoms with Gasteiger partial charge in [0.25, 0.3) is 0 Å². The van der Waals surface area contributed by atoms with Gasteiger partial charge in [-0.05, 0) is 56.0 Å². The number of unbranched alkanes of at least 4 members (excludes halogenated alkanes) is 6. The number of rotatable bonds is 19. The fraction of sp³-hybridized carbons (Fsp3) is 0.600. The zero-order valence-electron chi connectivity index (χ0n) is 22.8. The molecule has 1 aromatic carbocycles. The van der Waals surface area contributed by atoms with Gasteiger partial charge in [0.15, 0.2) is 11.5 Å². The number of nitrogens with zero attached hydrogens (tertiary/aromatic N) is 2. The number of ether oxygens (including phenoxy) is 3. The van der Waals surface area contributed by atoms with Crippen molar-refractivity contribution >= 4 is 11.8 Å². The Morgan fingerprint density at radius 2 is 1.72 bits per heavy atom. The van der Waals surface area contributed by atoms with Crippen LogP contribution >= 0.6 is 0 Å². The number of carbonyl (C=O) groups is 1. The lowest BCUT2D eigenvalue weighted by Crippen LogP contribution is -2.30. The molecule has 6 heteroatoms. The number of aromatic nitrogens is 1. The van der Waals surface area contributed by atoms with E-state index in [-0.39, 0.29) is 11.9 Å². The molecule has 6 nitrogen and oxygen atoms in total. The van der Waals surface area contributed by atoms with Gasteiger partial charge in [0.2, 0.25) is 0 Å². The Hall–Kier alpha value is -2.76. The monoisotopic (exact) mass is 498 g/mol. The average Bonchev–Trinajstić information content (AvgIpc) is 2.90. The molecule has 0 N–H and O–H groups in total. The lowest BCUT2D eigenvalue weighted by molar-refractivity contribution is -0.148. The van der Waals surface area contributed by atoms with Crippen LogP contribution in [-0.4, -0.2) is 44.4 Å². The second kappa shape index (κ2) is 17.6. The van der Waals surface area contributed by atoms with Gasteiger partial charge in [-0.3, -0.25) is 4.79 Å². The Morgan fingerprint density at radius 3 is 2.39 bits per heavy atom. The largest absolute Gasteiger partial charge is 0.493 e. The molecular weight excluding hydrogens is 452 g/mol. The molecular formula is C30H46N2O4. The van der Waals surface area contributed by atoms with Crippen molar-refractivity contribution in [2.75, 3.05) is 38.3 Å². The molecule has 0 aliphatic carbocycles. The van der Waals surface area contributed by atoms with Crippen molar-refractivity contribution in [3.8, 4) is 11.5 Å². The summed E-state index contributed by atoms with van der Waals surface area (Å²) in [5, 5.41) is 0. The predicted octanol–water partition coefficient (Wildman–Crippen LogP) is 6.86. The first-order valence-electron chi connectivity index (χ1n) is 13.7. The highest BCUT2D eigenvalue weighted by Crippen LogP contribution is 2.29. The molecule has 200 valence electrons. The Balaban J connectivity index is 1.96. The summed E-state index contributed by atoms with van der Waals surface area (Å²) in [6.45, 7) is 8.72. The number of anilines is 1. The van der Waals surface area contributed by atoms with Gasteiger partial charge in [-0.2, -0.15) is 0 Å². The first kappa shape index (κ1) is 29.5. The highest BCUT2D eigenvalue weighted by atomic mass is 16.5. The Kier molecular flexibility index (Phi) is 14.4. The van der Waals surface area contributed by atoms with E-state index in [2.05, 4.69) is 22.9 Å². The van der Waals surface area contributed by atoms with Crippen molar-refractivity contribution < 1.29 is 19.0 Å². The summed E-state index contributed by atoms with van der Waals surface area (Å²) in [5.41, 5.74) is 1.04. The number of esters is 1. The standard InChI is InChI=1S/C30H46N2O4/c1-5-8-9-10-11-12-15-20-32(29-16-13-14-19-31-29)21-22-36-28-24-25(17-18-27(28)34-4)23-26(6-2)30(33)35-7-3/h13-14,16-19,24,26H,5-12,15,20-23H2,1-4H3. The van der Waals surface area contributed by atoms with Gasteiger partial charge in [0.05, 0.1) is 26.2 Å². The van der Waals surface area contributed by atoms with Crippen LogP contribution in [0.25, 0.3) is 0 Å². The number of hydrogen-bond acceptors (Lipinski definition) is 6. The van der Waals surface area contributed by atoms with E-state index in [4.69, 9.17) is 14.2 Å². The normalized spacial score (nSPS) is 11.7. The minimum Gasteiger partial charge on any atom is -0.493 e. The van der Waals surface area contributed by atoms with Crippen LogP contribution < -0.4 is 14.4 Å². The quantitative estimate of drug-likeness (QED) is 0.156. The van der Waals surface area contributed by atoms with E-state index in [1.54, 1.807) is 7.11 Å². The second-order valence-corrected chi connectivity index (χ2v) is 9.19. The summed E-state index contributed by atoms with van der Waals surface area (Å²) in [4.78, 5) is 19.1. The van der Waals surface area contributed by atoms with Crippen molar-refractivity contribution in [3.63, 3.8) is 0 Å². The van der Waals surface area contributed by atoms with Gasteiger partial charge in [-0.25, -0.2) is 4.98 Å². The SMILES string of the molecule is CCCCCCCCCN(CCOc1cc(CC(CC)C(=O)OCC)ccc1OC)c1ccccn1. The highest BCUT2D eigenvalue weighted by Gasteiger charge is 2.19. The molecule has 0 aliphatic rings. The molecule has 0 bridgehead atoms. The van der Waals surface area contributed by atoms with Crippen LogP contribution in [0.5, 0.6) is 11.5 Å². The van der Waals surface area contributed by atoms with Gasteiger partial charge in [-0.15, -0.1) is 0 Å². The minimum atomic E-state index is -0.159. The van der Waals surface area contributed by atoms with Crippen LogP contribution in [0.2, 0.25) is 0 Å². The molecule has 1 aromatic heterocycles. The molecule has 0 fully saturated rings. The molecule has 0 saturated carbocycles. The van der Waals surface area contributed by atoms with Crippen LogP contribution in [0, 0.1) is 5.92 Å². The number of benzene rings is 1. The van der Waals surface area contributed by atoms with Crippen LogP contribution in [0.1, 0.15) is 77.7 Å². The van der Waals surface area contributed by atoms with Crippen molar-refractivity contribution in [2.45, 2.75) is 78.6 Å². The Labute approximate surface area is 218 Å². The number of methoxy groups -OCH3 is 1. The van der Waals surface area contributed by atoms with E-state index >= 15 is 0 Å². The molecule has 1 atom stereocenters. The lowest BCUT2D eigenvalue weighted by atomic mass is 9.97. The molecule has 0 saturated heterocycles. The van der Waals surface area contributed by atoms with Crippen LogP contribution in [0.3, 0.4) is 0 Å². The van der Waals surface area contributed by atoms with E-state index < -0.39 is 0 Å². The van der Waals surface area contributed by atoms with Gasteiger partial charge in [0, 0.05) is 12.7 Å². The molecule has 0 spiro atoms. The highest BCUT2D eigenvalue weighted by molar-refractivity contribution is 5.72. The van der Waals surface area contributed by atoms with Crippen LogP contribution in [0.4, 0.5) is 5.82 Å². The molecule has 36 heavy (non-hydrogen) atoms. The van der Waals surface area contributed by atoms with Gasteiger partial charge in [0.1, 0.15) is 12.4 Å². The van der Waals surface area contributed by atoms with Crippen molar-refractivity contribution in [2.24, 2.45) is 5.92 Å². The zero-order chi connectivity index (χ0) is 26.0. The van der Waals surface area contributed by atoms with Gasteiger partial charge < -0.3 is 19.1 Å². The van der Waals surface area contributed by atoms with E-state index in [0.717, 1.165) is 37.3 Å². The average molecular weight is 499 g/mol. The maximum Gasteiger partial charge on any atom is 0.309 e. The third-order valence-corrected chi connectivity index (χ3v) is 6.45. The smallest absolute Gasteiger partial charge is 0.309 e. The van der Waals surface area contributed by atoms with Crippen molar-refractivity contribution in [1.29, 1.82) is 0 Å². The maximum atomic E-state index is 12.3. The molecule has 2 aromatic rings. The zero-order valence-corrected chi connectivity index (χ0v) is 22.8. The fourth-order valence-electron chi connectivity index (χ4n) is 4.31. The number of pyridine rings is 1. The molecule has 0 aliphatic heterocycles. The van der Waals surface area contributed by atoms with Gasteiger partial charge in [-0.1, -0.05) is 64.5 Å². The number of carbonyl (C=O) groups excluding carboxylic acids is 1. The lowest BCUT2D eigenvalue weighted by Gasteiger charge is -2.24. The number of hydrogen-bond donors (Lipinski definition) is 0. The summed E-state index contributed by atoms with van der Waals surface area (Å²) in [6, 6.07) is 11.9. The first-order valence-corrected chi connectivity index (χ1v) is 13.7. The molecule has 0 amide bonds. The molecule has 0 radical (unpaired) electrons. The van der Waals surface area contributed by atoms with Crippen LogP contribution in [-0.2, 0) is 16.0 Å². The molecule has 1 heterocycles. The third-order valence-electron chi connectivity index (χ3n) is 6.45. The Morgan fingerprint density at radius 1 is 0.944 bits per heavy atom. The Bertz CT molecular complexity index is 859. The fourth-order valence-corrected chi connectivity index (χ4v) is 4.31. The molecule has 2 rings (SSSR count). The van der Waals surface area contributed by atoms with E-state index in [9.17, 15) is 4.79 Å². The van der Waals surface area contributed by atoms with E-state index in [1.807, 2.05) is 50.4 Å². The summed E-state index contributed by atoms with van der Waals surface area (Å²) < 4.78 is 17.0. The van der Waals surface area contributed by atoms with E-state index in [0.29, 0.717) is 31.1 Å². The van der Waals surface area contributed by atoms with E-state index in [1.165, 1.54) is 38.5 Å². The summed E-state index contributed by atoms with van der Waals surface area (Å²) in [6.07, 6.45) is 12.2. The maximum absolute atomic E-state index is 12.3. The minimum absolute atomic E-state index is 0.144. The van der Waals surface area contributed by atoms with Crippen molar-refractivity contribution in [3.05, 3.63) is 48.2 Å². The predicted molar refractivity (Wildman–Crippen MR) is 147 cm³/mol.